The summed E-state index contributed by atoms with van der Waals surface area (Å²) in [4.78, 5) is 10.1. The van der Waals surface area contributed by atoms with E-state index in [1.165, 1.54) is 16.0 Å². The third-order valence-corrected chi connectivity index (χ3v) is 4.71. The third-order valence-electron chi connectivity index (χ3n) is 3.79. The van der Waals surface area contributed by atoms with Gasteiger partial charge in [0.2, 0.25) is 0 Å². The number of aryl methyl sites for hydroxylation is 2. The van der Waals surface area contributed by atoms with Crippen molar-refractivity contribution in [3.8, 4) is 0 Å². The molecule has 2 aromatic rings. The van der Waals surface area contributed by atoms with Gasteiger partial charge in [-0.1, -0.05) is 36.8 Å². The Hall–Kier alpha value is -1.88. The lowest BCUT2D eigenvalue weighted by Gasteiger charge is -2.16. The minimum atomic E-state index is 0.435. The first-order valence-electron chi connectivity index (χ1n) is 8.07. The number of thiazole rings is 1. The van der Waals surface area contributed by atoms with Crippen molar-refractivity contribution >= 4 is 17.3 Å². The molecular formula is C18H26N4S. The fourth-order valence-electron chi connectivity index (χ4n) is 2.23. The van der Waals surface area contributed by atoms with Crippen molar-refractivity contribution in [2.45, 2.75) is 40.2 Å². The van der Waals surface area contributed by atoms with Crippen LogP contribution in [-0.4, -0.2) is 24.0 Å². The second kappa shape index (κ2) is 8.67. The molecule has 0 aliphatic heterocycles. The zero-order valence-electron chi connectivity index (χ0n) is 14.4. The summed E-state index contributed by atoms with van der Waals surface area (Å²) in [5.41, 5.74) is 5.59. The van der Waals surface area contributed by atoms with Crippen molar-refractivity contribution < 1.29 is 0 Å². The van der Waals surface area contributed by atoms with E-state index < -0.39 is 0 Å². The molecule has 0 aliphatic rings. The molecule has 1 aromatic heterocycles. The number of guanidine groups is 1. The maximum absolute atomic E-state index is 4.66. The number of benzene rings is 1. The van der Waals surface area contributed by atoms with Gasteiger partial charge in [0.25, 0.3) is 0 Å². The van der Waals surface area contributed by atoms with Crippen LogP contribution >= 0.6 is 11.3 Å². The zero-order valence-corrected chi connectivity index (χ0v) is 15.2. The molecule has 1 aromatic carbocycles. The molecule has 0 aliphatic carbocycles. The summed E-state index contributed by atoms with van der Waals surface area (Å²) in [5, 5.41) is 6.74. The van der Waals surface area contributed by atoms with Crippen molar-refractivity contribution in [3.63, 3.8) is 0 Å². The summed E-state index contributed by atoms with van der Waals surface area (Å²) in [6.07, 6.45) is 0. The van der Waals surface area contributed by atoms with Gasteiger partial charge < -0.3 is 10.6 Å². The summed E-state index contributed by atoms with van der Waals surface area (Å²) < 4.78 is 0. The molecule has 2 rings (SSSR count). The van der Waals surface area contributed by atoms with Crippen LogP contribution in [0.25, 0.3) is 0 Å². The van der Waals surface area contributed by atoms with Crippen LogP contribution in [0, 0.1) is 13.8 Å². The van der Waals surface area contributed by atoms with E-state index in [1.54, 1.807) is 11.3 Å². The predicted molar refractivity (Wildman–Crippen MR) is 99.3 cm³/mol. The average Bonchev–Trinajstić information content (AvgIpc) is 2.95. The molecule has 0 saturated carbocycles. The van der Waals surface area contributed by atoms with Gasteiger partial charge in [-0.05, 0) is 32.3 Å². The summed E-state index contributed by atoms with van der Waals surface area (Å²) in [5.74, 6) is 1.30. The van der Waals surface area contributed by atoms with Crippen LogP contribution in [0.15, 0.2) is 34.8 Å². The van der Waals surface area contributed by atoms with Crippen LogP contribution in [0.3, 0.4) is 0 Å². The standard InChI is InChI=1S/C18H26N4S/c1-5-19-18(21-11-17-15(4)22-12-23-17)20-10-14(3)16-8-6-13(2)7-9-16/h6-9,12,14H,5,10-11H2,1-4H3,(H2,19,20,21). The average molecular weight is 331 g/mol. The normalized spacial score (nSPS) is 13.0. The Morgan fingerprint density at radius 3 is 2.57 bits per heavy atom. The molecule has 124 valence electrons. The smallest absolute Gasteiger partial charge is 0.191 e. The van der Waals surface area contributed by atoms with Crippen molar-refractivity contribution in [1.82, 2.24) is 15.6 Å². The Labute approximate surface area is 143 Å². The Kier molecular flexibility index (Phi) is 6.59. The largest absolute Gasteiger partial charge is 0.357 e. The van der Waals surface area contributed by atoms with Gasteiger partial charge >= 0.3 is 0 Å². The quantitative estimate of drug-likeness (QED) is 0.628. The molecule has 0 radical (unpaired) electrons. The number of rotatable bonds is 6. The van der Waals surface area contributed by atoms with Gasteiger partial charge in [0.05, 0.1) is 17.7 Å². The van der Waals surface area contributed by atoms with Gasteiger partial charge in [0.15, 0.2) is 5.96 Å². The Morgan fingerprint density at radius 2 is 1.96 bits per heavy atom. The summed E-state index contributed by atoms with van der Waals surface area (Å²) in [7, 11) is 0. The molecule has 2 N–H and O–H groups in total. The maximum atomic E-state index is 4.66. The molecule has 23 heavy (non-hydrogen) atoms. The van der Waals surface area contributed by atoms with Gasteiger partial charge in [-0.15, -0.1) is 11.3 Å². The molecule has 0 amide bonds. The zero-order chi connectivity index (χ0) is 16.7. The maximum Gasteiger partial charge on any atom is 0.191 e. The Balaban J connectivity index is 1.93. The first kappa shape index (κ1) is 17.5. The van der Waals surface area contributed by atoms with Crippen LogP contribution in [0.1, 0.15) is 41.5 Å². The lowest BCUT2D eigenvalue weighted by molar-refractivity contribution is 0.699. The highest BCUT2D eigenvalue weighted by Gasteiger charge is 2.07. The molecule has 0 bridgehead atoms. The lowest BCUT2D eigenvalue weighted by atomic mass is 10.0. The van der Waals surface area contributed by atoms with Gasteiger partial charge in [-0.2, -0.15) is 0 Å². The molecule has 1 unspecified atom stereocenters. The lowest BCUT2D eigenvalue weighted by Crippen LogP contribution is -2.39. The van der Waals surface area contributed by atoms with Crippen molar-refractivity contribution in [1.29, 1.82) is 0 Å². The molecule has 0 spiro atoms. The molecule has 5 heteroatoms. The van der Waals surface area contributed by atoms with Gasteiger partial charge in [0, 0.05) is 18.0 Å². The third kappa shape index (κ3) is 5.36. The topological polar surface area (TPSA) is 49.3 Å². The van der Waals surface area contributed by atoms with E-state index in [2.05, 4.69) is 65.6 Å². The summed E-state index contributed by atoms with van der Waals surface area (Å²) in [6.45, 7) is 10.8. The van der Waals surface area contributed by atoms with Crippen molar-refractivity contribution in [2.75, 3.05) is 13.1 Å². The molecule has 4 nitrogen and oxygen atoms in total. The predicted octanol–water partition coefficient (Wildman–Crippen LogP) is 3.62. The van der Waals surface area contributed by atoms with Crippen LogP contribution in [0.4, 0.5) is 0 Å². The van der Waals surface area contributed by atoms with Gasteiger partial charge in [-0.25, -0.2) is 9.98 Å². The number of aliphatic imine (C=N–C) groups is 1. The van der Waals surface area contributed by atoms with E-state index in [0.717, 1.165) is 24.7 Å². The van der Waals surface area contributed by atoms with Crippen molar-refractivity contribution in [2.24, 2.45) is 4.99 Å². The highest BCUT2D eigenvalue weighted by Crippen LogP contribution is 2.15. The first-order chi connectivity index (χ1) is 11.1. The fourth-order valence-corrected chi connectivity index (χ4v) is 2.93. The molecule has 1 atom stereocenters. The van der Waals surface area contributed by atoms with E-state index in [9.17, 15) is 0 Å². The minimum absolute atomic E-state index is 0.435. The number of hydrogen-bond donors (Lipinski definition) is 2. The number of nitrogens with one attached hydrogen (secondary N) is 2. The SMILES string of the molecule is CCNC(=NCc1scnc1C)NCC(C)c1ccc(C)cc1. The second-order valence-corrected chi connectivity index (χ2v) is 6.69. The Bertz CT molecular complexity index is 631. The van der Waals surface area contributed by atoms with Gasteiger partial charge in [-0.3, -0.25) is 0 Å². The van der Waals surface area contributed by atoms with Crippen molar-refractivity contribution in [3.05, 3.63) is 51.5 Å². The van der Waals surface area contributed by atoms with E-state index >= 15 is 0 Å². The first-order valence-corrected chi connectivity index (χ1v) is 8.95. The highest BCUT2D eigenvalue weighted by molar-refractivity contribution is 7.09. The van der Waals surface area contributed by atoms with E-state index in [-0.39, 0.29) is 0 Å². The number of nitrogens with zero attached hydrogens (tertiary/aromatic N) is 2. The second-order valence-electron chi connectivity index (χ2n) is 5.75. The van der Waals surface area contributed by atoms with Crippen LogP contribution in [0.5, 0.6) is 0 Å². The molecule has 0 fully saturated rings. The van der Waals surface area contributed by atoms with Crippen LogP contribution in [0.2, 0.25) is 0 Å². The minimum Gasteiger partial charge on any atom is -0.357 e. The monoisotopic (exact) mass is 330 g/mol. The van der Waals surface area contributed by atoms with E-state index in [0.29, 0.717) is 12.5 Å². The molecular weight excluding hydrogens is 304 g/mol. The fraction of sp³-hybridized carbons (Fsp3) is 0.444. The van der Waals surface area contributed by atoms with E-state index in [1.807, 2.05) is 12.4 Å². The summed E-state index contributed by atoms with van der Waals surface area (Å²) >= 11 is 1.66. The summed E-state index contributed by atoms with van der Waals surface area (Å²) in [6, 6.07) is 8.73. The van der Waals surface area contributed by atoms with Crippen LogP contribution in [-0.2, 0) is 6.54 Å². The van der Waals surface area contributed by atoms with Gasteiger partial charge in [0.1, 0.15) is 0 Å². The molecule has 1 heterocycles. The van der Waals surface area contributed by atoms with E-state index in [4.69, 9.17) is 0 Å². The molecule has 0 saturated heterocycles. The highest BCUT2D eigenvalue weighted by atomic mass is 32.1. The Morgan fingerprint density at radius 1 is 1.22 bits per heavy atom. The number of aromatic nitrogens is 1. The van der Waals surface area contributed by atoms with Crippen LogP contribution < -0.4 is 10.6 Å². The number of hydrogen-bond acceptors (Lipinski definition) is 3.